The van der Waals surface area contributed by atoms with Crippen molar-refractivity contribution >= 4 is 0 Å². The number of benzene rings is 1. The lowest BCUT2D eigenvalue weighted by molar-refractivity contribution is 0.245. The van der Waals surface area contributed by atoms with E-state index in [1.54, 1.807) is 0 Å². The molecule has 0 bridgehead atoms. The molecule has 15 heavy (non-hydrogen) atoms. The first-order valence-electron chi connectivity index (χ1n) is 6.05. The minimum absolute atomic E-state index is 0.576. The number of piperidine rings is 1. The lowest BCUT2D eigenvalue weighted by Crippen LogP contribution is -2.33. The molecule has 0 radical (unpaired) electrons. The van der Waals surface area contributed by atoms with Crippen molar-refractivity contribution in [1.82, 2.24) is 5.32 Å². The minimum Gasteiger partial charge on any atom is -0.310 e. The monoisotopic (exact) mass is 203 g/mol. The van der Waals surface area contributed by atoms with E-state index in [4.69, 9.17) is 0 Å². The maximum atomic E-state index is 3.62. The Morgan fingerprint density at radius 3 is 2.60 bits per heavy atom. The number of hydrogen-bond donors (Lipinski definition) is 1. The van der Waals surface area contributed by atoms with Crippen LogP contribution in [0.3, 0.4) is 0 Å². The van der Waals surface area contributed by atoms with Crippen LogP contribution < -0.4 is 5.32 Å². The van der Waals surface area contributed by atoms with Crippen LogP contribution in [0.2, 0.25) is 0 Å². The molecule has 1 aliphatic rings. The Morgan fingerprint density at radius 2 is 1.93 bits per heavy atom. The van der Waals surface area contributed by atoms with Crippen molar-refractivity contribution in [3.8, 4) is 0 Å². The van der Waals surface area contributed by atoms with Gasteiger partial charge in [0, 0.05) is 6.04 Å². The van der Waals surface area contributed by atoms with Gasteiger partial charge in [-0.25, -0.2) is 0 Å². The Kier molecular flexibility index (Phi) is 3.42. The zero-order chi connectivity index (χ0) is 10.7. The van der Waals surface area contributed by atoms with E-state index < -0.39 is 0 Å². The molecule has 82 valence electrons. The van der Waals surface area contributed by atoms with Gasteiger partial charge >= 0.3 is 0 Å². The van der Waals surface area contributed by atoms with Crippen molar-refractivity contribution in [1.29, 1.82) is 0 Å². The van der Waals surface area contributed by atoms with Crippen LogP contribution in [0.4, 0.5) is 0 Å². The summed E-state index contributed by atoms with van der Waals surface area (Å²) in [5.74, 6) is 1.70. The van der Waals surface area contributed by atoms with E-state index >= 15 is 0 Å². The first kappa shape index (κ1) is 10.7. The molecule has 0 spiro atoms. The third-order valence-electron chi connectivity index (χ3n) is 3.59. The first-order valence-corrected chi connectivity index (χ1v) is 6.05. The Labute approximate surface area is 92.9 Å². The van der Waals surface area contributed by atoms with Crippen LogP contribution in [0.5, 0.6) is 0 Å². The molecule has 0 unspecified atom stereocenters. The maximum Gasteiger partial charge on any atom is 0.0322 e. The summed E-state index contributed by atoms with van der Waals surface area (Å²) in [6.07, 6.45) is 2.63. The lowest BCUT2D eigenvalue weighted by Gasteiger charge is -2.33. The van der Waals surface area contributed by atoms with Crippen LogP contribution in [0.25, 0.3) is 0 Å². The van der Waals surface area contributed by atoms with Crippen molar-refractivity contribution < 1.29 is 0 Å². The van der Waals surface area contributed by atoms with Gasteiger partial charge in [-0.2, -0.15) is 0 Å². The van der Waals surface area contributed by atoms with Crippen molar-refractivity contribution in [2.24, 2.45) is 11.8 Å². The quantitative estimate of drug-likeness (QED) is 0.777. The third-order valence-corrected chi connectivity index (χ3v) is 3.59. The molecule has 1 aromatic carbocycles. The van der Waals surface area contributed by atoms with Gasteiger partial charge < -0.3 is 5.32 Å². The number of nitrogens with one attached hydrogen (secondary N) is 1. The second-order valence-corrected chi connectivity index (χ2v) is 4.95. The van der Waals surface area contributed by atoms with Crippen LogP contribution in [0.15, 0.2) is 30.3 Å². The Hall–Kier alpha value is -0.820. The van der Waals surface area contributed by atoms with Gasteiger partial charge in [0.25, 0.3) is 0 Å². The summed E-state index contributed by atoms with van der Waals surface area (Å²) in [4.78, 5) is 0. The topological polar surface area (TPSA) is 12.0 Å². The van der Waals surface area contributed by atoms with Gasteiger partial charge in [-0.05, 0) is 36.8 Å². The van der Waals surface area contributed by atoms with E-state index in [1.165, 1.54) is 24.9 Å². The molecular weight excluding hydrogens is 182 g/mol. The average molecular weight is 203 g/mol. The van der Waals surface area contributed by atoms with Crippen molar-refractivity contribution in [3.63, 3.8) is 0 Å². The molecular formula is C14H21N. The Morgan fingerprint density at radius 1 is 1.20 bits per heavy atom. The fourth-order valence-electron chi connectivity index (χ4n) is 2.49. The molecule has 2 atom stereocenters. The molecule has 1 saturated heterocycles. The van der Waals surface area contributed by atoms with Crippen LogP contribution >= 0.6 is 0 Å². The van der Waals surface area contributed by atoms with E-state index in [0.29, 0.717) is 6.04 Å². The number of hydrogen-bond acceptors (Lipinski definition) is 1. The predicted octanol–water partition coefficient (Wildman–Crippen LogP) is 3.38. The maximum absolute atomic E-state index is 3.62. The van der Waals surface area contributed by atoms with E-state index in [-0.39, 0.29) is 0 Å². The molecule has 0 amide bonds. The summed E-state index contributed by atoms with van der Waals surface area (Å²) >= 11 is 0. The molecule has 1 fully saturated rings. The van der Waals surface area contributed by atoms with Gasteiger partial charge in [-0.1, -0.05) is 44.2 Å². The van der Waals surface area contributed by atoms with Crippen molar-refractivity contribution in [2.45, 2.75) is 32.7 Å². The second kappa shape index (κ2) is 4.80. The van der Waals surface area contributed by atoms with Gasteiger partial charge in [0.2, 0.25) is 0 Å². The third kappa shape index (κ3) is 2.60. The highest BCUT2D eigenvalue weighted by molar-refractivity contribution is 5.19. The van der Waals surface area contributed by atoms with Crippen LogP contribution in [0, 0.1) is 11.8 Å². The summed E-state index contributed by atoms with van der Waals surface area (Å²) in [5, 5.41) is 3.62. The standard InChI is InChI=1S/C14H21N/c1-11(2)13-8-9-15-14(10-13)12-6-4-3-5-7-12/h3-7,11,13-15H,8-10H2,1-2H3/t13-,14+/m0/s1. The second-order valence-electron chi connectivity index (χ2n) is 4.95. The van der Waals surface area contributed by atoms with Gasteiger partial charge in [-0.3, -0.25) is 0 Å². The van der Waals surface area contributed by atoms with Crippen molar-refractivity contribution in [2.75, 3.05) is 6.54 Å². The molecule has 1 heteroatoms. The lowest BCUT2D eigenvalue weighted by atomic mass is 9.82. The molecule has 0 aromatic heterocycles. The zero-order valence-corrected chi connectivity index (χ0v) is 9.74. The zero-order valence-electron chi connectivity index (χ0n) is 9.74. The minimum atomic E-state index is 0.576. The van der Waals surface area contributed by atoms with Crippen LogP contribution in [-0.4, -0.2) is 6.54 Å². The SMILES string of the molecule is CC(C)[C@H]1CCN[C@@H](c2ccccc2)C1. The molecule has 0 saturated carbocycles. The molecule has 2 rings (SSSR count). The molecule has 1 aromatic rings. The number of rotatable bonds is 2. The largest absolute Gasteiger partial charge is 0.310 e. The Balaban J connectivity index is 2.05. The Bertz CT molecular complexity index is 291. The highest BCUT2D eigenvalue weighted by atomic mass is 14.9. The summed E-state index contributed by atoms with van der Waals surface area (Å²) in [5.41, 5.74) is 1.45. The summed E-state index contributed by atoms with van der Waals surface area (Å²) < 4.78 is 0. The molecule has 1 N–H and O–H groups in total. The summed E-state index contributed by atoms with van der Waals surface area (Å²) in [7, 11) is 0. The van der Waals surface area contributed by atoms with Gasteiger partial charge in [0.15, 0.2) is 0 Å². The molecule has 1 aliphatic heterocycles. The average Bonchev–Trinajstić information content (AvgIpc) is 2.30. The molecule has 1 nitrogen and oxygen atoms in total. The molecule has 0 aliphatic carbocycles. The van der Waals surface area contributed by atoms with Gasteiger partial charge in [0.1, 0.15) is 0 Å². The highest BCUT2D eigenvalue weighted by Gasteiger charge is 2.24. The fourth-order valence-corrected chi connectivity index (χ4v) is 2.49. The van der Waals surface area contributed by atoms with Crippen LogP contribution in [-0.2, 0) is 0 Å². The summed E-state index contributed by atoms with van der Waals surface area (Å²) in [6.45, 7) is 5.86. The van der Waals surface area contributed by atoms with E-state index in [0.717, 1.165) is 11.8 Å². The van der Waals surface area contributed by atoms with E-state index in [1.807, 2.05) is 0 Å². The molecule has 1 heterocycles. The van der Waals surface area contributed by atoms with Gasteiger partial charge in [-0.15, -0.1) is 0 Å². The van der Waals surface area contributed by atoms with Gasteiger partial charge in [0.05, 0.1) is 0 Å². The normalized spacial score (nSPS) is 26.9. The highest BCUT2D eigenvalue weighted by Crippen LogP contribution is 2.31. The van der Waals surface area contributed by atoms with E-state index in [2.05, 4.69) is 49.5 Å². The predicted molar refractivity (Wildman–Crippen MR) is 64.7 cm³/mol. The summed E-state index contributed by atoms with van der Waals surface area (Å²) in [6, 6.07) is 11.4. The first-order chi connectivity index (χ1) is 7.27. The van der Waals surface area contributed by atoms with E-state index in [9.17, 15) is 0 Å². The van der Waals surface area contributed by atoms with Crippen molar-refractivity contribution in [3.05, 3.63) is 35.9 Å². The fraction of sp³-hybridized carbons (Fsp3) is 0.571. The smallest absolute Gasteiger partial charge is 0.0322 e. The van der Waals surface area contributed by atoms with Crippen LogP contribution in [0.1, 0.15) is 38.3 Å².